The van der Waals surface area contributed by atoms with Gasteiger partial charge in [0.05, 0.1) is 6.10 Å². The molecular weight excluding hydrogens is 491 g/mol. The number of aliphatic carboxylic acids is 1. The molecule has 0 heterocycles. The maximum Gasteiger partial charge on any atom is 0.490 e. The topological polar surface area (TPSA) is 133 Å². The zero-order valence-electron chi connectivity index (χ0n) is 19.8. The maximum atomic E-state index is 13.2. The van der Waals surface area contributed by atoms with Crippen molar-refractivity contribution in [1.82, 2.24) is 0 Å². The largest absolute Gasteiger partial charge is 0.490 e. The number of carbonyl (C=O) groups is 3. The smallest absolute Gasteiger partial charge is 0.475 e. The van der Waals surface area contributed by atoms with Crippen LogP contribution in [0, 0.1) is 0 Å². The number of para-hydroxylation sites is 1. The summed E-state index contributed by atoms with van der Waals surface area (Å²) in [4.78, 5) is 36.2. The molecule has 3 rings (SSSR count). The molecular formula is C26H26F3N3O5. The second-order valence-electron chi connectivity index (χ2n) is 7.78. The second kappa shape index (κ2) is 13.2. The number of hydrogen-bond acceptors (Lipinski definition) is 5. The van der Waals surface area contributed by atoms with Crippen LogP contribution >= 0.6 is 0 Å². The number of carbonyl (C=O) groups excluding carboxylic acids is 2. The summed E-state index contributed by atoms with van der Waals surface area (Å²) < 4.78 is 31.7. The number of nitrogens with one attached hydrogen (secondary N) is 1. The molecule has 3 aromatic rings. The number of nitrogens with two attached hydrogens (primary N) is 1. The van der Waals surface area contributed by atoms with E-state index in [0.717, 1.165) is 11.1 Å². The fraction of sp³-hybridized carbons (Fsp3) is 0.192. The van der Waals surface area contributed by atoms with Gasteiger partial charge in [-0.05, 0) is 54.4 Å². The number of carboxylic acids is 1. The summed E-state index contributed by atoms with van der Waals surface area (Å²) in [6.07, 6.45) is -5.66. The summed E-state index contributed by atoms with van der Waals surface area (Å²) in [5, 5.41) is 19.5. The van der Waals surface area contributed by atoms with Gasteiger partial charge in [-0.3, -0.25) is 14.5 Å². The molecule has 0 bridgehead atoms. The fourth-order valence-electron chi connectivity index (χ4n) is 3.06. The zero-order valence-corrected chi connectivity index (χ0v) is 19.8. The number of rotatable bonds is 7. The van der Waals surface area contributed by atoms with Crippen LogP contribution in [0.3, 0.4) is 0 Å². The monoisotopic (exact) mass is 517 g/mol. The quantitative estimate of drug-likeness (QED) is 0.373. The number of aliphatic hydroxyl groups is 1. The third-order valence-corrected chi connectivity index (χ3v) is 4.94. The van der Waals surface area contributed by atoms with Crippen LogP contribution in [0.15, 0.2) is 78.9 Å². The molecule has 3 aromatic carbocycles. The molecule has 0 radical (unpaired) electrons. The Hall–Kier alpha value is -4.22. The van der Waals surface area contributed by atoms with Gasteiger partial charge >= 0.3 is 12.1 Å². The Morgan fingerprint density at radius 2 is 1.57 bits per heavy atom. The van der Waals surface area contributed by atoms with Crippen molar-refractivity contribution in [3.05, 3.63) is 95.6 Å². The Kier molecular flexibility index (Phi) is 10.3. The number of carboxylic acid groups (broad SMARTS) is 1. The van der Waals surface area contributed by atoms with Gasteiger partial charge in [-0.25, -0.2) is 4.79 Å². The van der Waals surface area contributed by atoms with E-state index in [-0.39, 0.29) is 18.4 Å². The number of halogens is 3. The Bertz CT molecular complexity index is 1200. The van der Waals surface area contributed by atoms with E-state index in [4.69, 9.17) is 15.6 Å². The molecule has 196 valence electrons. The molecule has 2 amide bonds. The van der Waals surface area contributed by atoms with Crippen LogP contribution in [0.25, 0.3) is 0 Å². The minimum atomic E-state index is -5.08. The van der Waals surface area contributed by atoms with Crippen LogP contribution in [0.1, 0.15) is 34.5 Å². The molecule has 0 aliphatic carbocycles. The molecule has 0 saturated heterocycles. The third kappa shape index (κ3) is 9.06. The Balaban J connectivity index is 0.000000604. The normalized spacial score (nSPS) is 11.5. The summed E-state index contributed by atoms with van der Waals surface area (Å²) in [6.45, 7) is 1.86. The molecule has 8 nitrogen and oxygen atoms in total. The van der Waals surface area contributed by atoms with Gasteiger partial charge in [0, 0.05) is 23.5 Å². The molecule has 0 aliphatic heterocycles. The lowest BCUT2D eigenvalue weighted by molar-refractivity contribution is -0.192. The van der Waals surface area contributed by atoms with Crippen molar-refractivity contribution in [3.63, 3.8) is 0 Å². The maximum absolute atomic E-state index is 13.2. The Labute approximate surface area is 211 Å². The van der Waals surface area contributed by atoms with Crippen molar-refractivity contribution in [2.24, 2.45) is 5.73 Å². The van der Waals surface area contributed by atoms with E-state index in [1.165, 1.54) is 4.90 Å². The van der Waals surface area contributed by atoms with E-state index in [1.54, 1.807) is 61.5 Å². The van der Waals surface area contributed by atoms with Crippen molar-refractivity contribution in [2.45, 2.75) is 25.7 Å². The Morgan fingerprint density at radius 1 is 0.973 bits per heavy atom. The van der Waals surface area contributed by atoms with Gasteiger partial charge < -0.3 is 21.3 Å². The van der Waals surface area contributed by atoms with Crippen molar-refractivity contribution in [2.75, 3.05) is 16.8 Å². The number of nitrogens with zero attached hydrogens (tertiary/aromatic N) is 1. The van der Waals surface area contributed by atoms with Gasteiger partial charge in [-0.1, -0.05) is 42.5 Å². The number of hydrogen-bond donors (Lipinski definition) is 4. The highest BCUT2D eigenvalue weighted by atomic mass is 19.4. The number of benzene rings is 3. The minimum absolute atomic E-state index is 0.145. The molecule has 37 heavy (non-hydrogen) atoms. The summed E-state index contributed by atoms with van der Waals surface area (Å²) in [7, 11) is 0. The van der Waals surface area contributed by atoms with Crippen molar-refractivity contribution in [3.8, 4) is 0 Å². The highest BCUT2D eigenvalue weighted by molar-refractivity contribution is 6.10. The molecule has 11 heteroatoms. The van der Waals surface area contributed by atoms with E-state index >= 15 is 0 Å². The van der Waals surface area contributed by atoms with Gasteiger partial charge in [0.1, 0.15) is 6.54 Å². The molecule has 0 aromatic heterocycles. The standard InChI is InChI=1S/C24H25N3O3.C2HF3O2/c1-17(28)19-10-12-21(13-11-19)26-23(29)16-27(22-8-3-2-4-9-22)24(30)20-7-5-6-18(14-20)15-25;3-2(4,5)1(6)7/h2-14,17,28H,15-16,25H2,1H3,(H,26,29);(H,6,7). The molecule has 1 atom stereocenters. The summed E-state index contributed by atoms with van der Waals surface area (Å²) in [5.41, 5.74) is 8.99. The first kappa shape index (κ1) is 29.0. The van der Waals surface area contributed by atoms with Crippen LogP contribution in [0.4, 0.5) is 24.5 Å². The number of anilines is 2. The van der Waals surface area contributed by atoms with Gasteiger partial charge in [0.25, 0.3) is 5.91 Å². The van der Waals surface area contributed by atoms with Gasteiger partial charge in [0.2, 0.25) is 5.91 Å². The van der Waals surface area contributed by atoms with Crippen molar-refractivity contribution < 1.29 is 37.8 Å². The van der Waals surface area contributed by atoms with Crippen LogP contribution in [-0.2, 0) is 16.1 Å². The molecule has 0 spiro atoms. The van der Waals surface area contributed by atoms with E-state index in [2.05, 4.69) is 5.32 Å². The minimum Gasteiger partial charge on any atom is -0.475 e. The third-order valence-electron chi connectivity index (χ3n) is 4.94. The number of alkyl halides is 3. The highest BCUT2D eigenvalue weighted by Crippen LogP contribution is 2.19. The predicted octanol–water partition coefficient (Wildman–Crippen LogP) is 4.12. The lowest BCUT2D eigenvalue weighted by Crippen LogP contribution is -2.38. The molecule has 0 aliphatic rings. The van der Waals surface area contributed by atoms with Crippen LogP contribution in [0.5, 0.6) is 0 Å². The van der Waals surface area contributed by atoms with Crippen molar-refractivity contribution in [1.29, 1.82) is 0 Å². The fourth-order valence-corrected chi connectivity index (χ4v) is 3.06. The molecule has 1 unspecified atom stereocenters. The lowest BCUT2D eigenvalue weighted by Gasteiger charge is -2.23. The predicted molar refractivity (Wildman–Crippen MR) is 132 cm³/mol. The van der Waals surface area contributed by atoms with E-state index in [0.29, 0.717) is 23.5 Å². The van der Waals surface area contributed by atoms with Gasteiger partial charge in [-0.15, -0.1) is 0 Å². The zero-order chi connectivity index (χ0) is 27.6. The SMILES string of the molecule is CC(O)c1ccc(NC(=O)CN(C(=O)c2cccc(CN)c2)c2ccccc2)cc1.O=C(O)C(F)(F)F. The van der Waals surface area contributed by atoms with E-state index in [9.17, 15) is 27.9 Å². The van der Waals surface area contributed by atoms with Crippen LogP contribution < -0.4 is 16.0 Å². The van der Waals surface area contributed by atoms with Gasteiger partial charge in [-0.2, -0.15) is 13.2 Å². The highest BCUT2D eigenvalue weighted by Gasteiger charge is 2.38. The first-order valence-electron chi connectivity index (χ1n) is 11.0. The molecule has 0 fully saturated rings. The van der Waals surface area contributed by atoms with Crippen LogP contribution in [0.2, 0.25) is 0 Å². The number of aliphatic hydroxyl groups excluding tert-OH is 1. The molecule has 5 N–H and O–H groups in total. The first-order chi connectivity index (χ1) is 17.4. The summed E-state index contributed by atoms with van der Waals surface area (Å²) in [5.74, 6) is -3.37. The summed E-state index contributed by atoms with van der Waals surface area (Å²) in [6, 6.07) is 23.1. The van der Waals surface area contributed by atoms with Crippen molar-refractivity contribution >= 4 is 29.2 Å². The average molecular weight is 518 g/mol. The summed E-state index contributed by atoms with van der Waals surface area (Å²) >= 11 is 0. The first-order valence-corrected chi connectivity index (χ1v) is 11.0. The van der Waals surface area contributed by atoms with Gasteiger partial charge in [0.15, 0.2) is 0 Å². The second-order valence-corrected chi connectivity index (χ2v) is 7.78. The van der Waals surface area contributed by atoms with E-state index in [1.807, 2.05) is 24.3 Å². The lowest BCUT2D eigenvalue weighted by atomic mass is 10.1. The average Bonchev–Trinajstić information content (AvgIpc) is 2.87. The molecule has 0 saturated carbocycles. The number of amides is 2. The Morgan fingerprint density at radius 3 is 2.08 bits per heavy atom. The van der Waals surface area contributed by atoms with Crippen LogP contribution in [-0.4, -0.2) is 40.7 Å². The van der Waals surface area contributed by atoms with E-state index < -0.39 is 18.2 Å².